The van der Waals surface area contributed by atoms with Crippen LogP contribution in [0, 0.1) is 17.0 Å². The maximum Gasteiger partial charge on any atom is 0.349 e. The number of benzene rings is 2. The van der Waals surface area contributed by atoms with Gasteiger partial charge in [0.2, 0.25) is 0 Å². The second kappa shape index (κ2) is 12.3. The predicted molar refractivity (Wildman–Crippen MR) is 141 cm³/mol. The van der Waals surface area contributed by atoms with E-state index in [1.807, 2.05) is 0 Å². The van der Waals surface area contributed by atoms with Crippen molar-refractivity contribution < 1.29 is 32.9 Å². The minimum Gasteiger partial charge on any atom is -0.493 e. The largest absolute Gasteiger partial charge is 0.493 e. The number of nitrogens with one attached hydrogen (secondary N) is 3. The van der Waals surface area contributed by atoms with Crippen LogP contribution >= 0.6 is 0 Å². The number of hydrogen-bond donors (Lipinski definition) is 5. The average molecular weight is 570 g/mol. The van der Waals surface area contributed by atoms with Gasteiger partial charge in [-0.1, -0.05) is 0 Å². The summed E-state index contributed by atoms with van der Waals surface area (Å²) < 4.78 is 46.2. The minimum absolute atomic E-state index is 0.0600. The molecule has 6 N–H and O–H groups in total. The lowest BCUT2D eigenvalue weighted by Gasteiger charge is -2.24. The number of carbonyl (C=O) groups is 1. The molecule has 5 rings (SSSR count). The third kappa shape index (κ3) is 6.47. The maximum absolute atomic E-state index is 14.6. The van der Waals surface area contributed by atoms with E-state index in [1.165, 1.54) is 37.6 Å². The van der Waals surface area contributed by atoms with Crippen LogP contribution in [0.5, 0.6) is 11.5 Å². The molecule has 1 aliphatic rings. The second-order valence-electron chi connectivity index (χ2n) is 8.56. The third-order valence-corrected chi connectivity index (χ3v) is 5.67. The van der Waals surface area contributed by atoms with Gasteiger partial charge in [0.1, 0.15) is 17.7 Å². The minimum atomic E-state index is -0.871. The predicted octanol–water partition coefficient (Wildman–Crippen LogP) is 2.69. The van der Waals surface area contributed by atoms with Gasteiger partial charge < -0.3 is 30.4 Å². The lowest BCUT2D eigenvalue weighted by atomic mass is 10.0. The third-order valence-electron chi connectivity index (χ3n) is 5.67. The molecule has 13 nitrogen and oxygen atoms in total. The van der Waals surface area contributed by atoms with Crippen molar-refractivity contribution in [2.75, 3.05) is 19.2 Å². The van der Waals surface area contributed by atoms with E-state index < -0.39 is 35.2 Å². The van der Waals surface area contributed by atoms with Gasteiger partial charge in [0.05, 0.1) is 19.3 Å². The number of carboxylic acid groups (broad SMARTS) is 1. The Balaban J connectivity index is 0.000000909. The first-order chi connectivity index (χ1) is 19.6. The highest BCUT2D eigenvalue weighted by Gasteiger charge is 2.26. The fourth-order valence-electron chi connectivity index (χ4n) is 3.97. The zero-order valence-electron chi connectivity index (χ0n) is 21.8. The number of nitrogens with two attached hydrogens (primary N) is 1. The van der Waals surface area contributed by atoms with E-state index in [1.54, 1.807) is 12.1 Å². The summed E-state index contributed by atoms with van der Waals surface area (Å²) in [4.78, 5) is 28.3. The van der Waals surface area contributed by atoms with Gasteiger partial charge in [0, 0.05) is 24.4 Å². The molecule has 0 spiro atoms. The molecular formula is C26H25F2N7O6. The fraction of sp³-hybridized carbons (Fsp3) is 0.192. The topological polar surface area (TPSA) is 190 Å². The summed E-state index contributed by atoms with van der Waals surface area (Å²) in [5.41, 5.74) is 6.18. The molecule has 214 valence electrons. The number of rotatable bonds is 7. The number of hydrogen-bond acceptors (Lipinski definition) is 9. The molecule has 0 radical (unpaired) electrons. The number of halogens is 2. The van der Waals surface area contributed by atoms with E-state index in [-0.39, 0.29) is 30.6 Å². The van der Waals surface area contributed by atoms with Crippen LogP contribution in [0.4, 0.5) is 14.5 Å². The average Bonchev–Trinajstić information content (AvgIpc) is 3.31. The number of nitrogens with zero attached hydrogens (tertiary/aromatic N) is 3. The SMILES string of the molecule is CC(=O)O.COc1cc([C@H](Nc2ccc(C(=N)N)c(F)c2)c2nn(-c3ncccc3F)c(=O)[nH]2)cc2c1OCOC2. The van der Waals surface area contributed by atoms with E-state index in [0.717, 1.165) is 17.7 Å². The van der Waals surface area contributed by atoms with Crippen LogP contribution in [0.25, 0.3) is 5.82 Å². The van der Waals surface area contributed by atoms with Crippen molar-refractivity contribution in [1.29, 1.82) is 5.41 Å². The second-order valence-corrected chi connectivity index (χ2v) is 8.56. The van der Waals surface area contributed by atoms with E-state index in [2.05, 4.69) is 20.4 Å². The number of fused-ring (bicyclic) bond motifs is 1. The van der Waals surface area contributed by atoms with Gasteiger partial charge in [-0.15, -0.1) is 5.10 Å². The summed E-state index contributed by atoms with van der Waals surface area (Å²) in [5.74, 6) is -1.96. The molecule has 1 atom stereocenters. The Morgan fingerprint density at radius 2 is 2.02 bits per heavy atom. The molecule has 0 saturated carbocycles. The molecule has 15 heteroatoms. The van der Waals surface area contributed by atoms with E-state index in [0.29, 0.717) is 28.3 Å². The molecule has 0 saturated heterocycles. The summed E-state index contributed by atoms with van der Waals surface area (Å²) in [6, 6.07) is 9.19. The van der Waals surface area contributed by atoms with Gasteiger partial charge in [0.15, 0.2) is 35.8 Å². The van der Waals surface area contributed by atoms with Crippen LogP contribution in [-0.4, -0.2) is 50.6 Å². The molecule has 2 aromatic carbocycles. The van der Waals surface area contributed by atoms with Crippen molar-refractivity contribution in [3.05, 3.63) is 93.3 Å². The number of methoxy groups -OCH3 is 1. The Kier molecular flexibility index (Phi) is 8.57. The lowest BCUT2D eigenvalue weighted by molar-refractivity contribution is -0.134. The smallest absolute Gasteiger partial charge is 0.349 e. The van der Waals surface area contributed by atoms with Crippen molar-refractivity contribution in [1.82, 2.24) is 19.7 Å². The van der Waals surface area contributed by atoms with Gasteiger partial charge >= 0.3 is 5.69 Å². The van der Waals surface area contributed by atoms with Gasteiger partial charge in [-0.05, 0) is 48.0 Å². The van der Waals surface area contributed by atoms with Crippen molar-refractivity contribution >= 4 is 17.5 Å². The van der Waals surface area contributed by atoms with Gasteiger partial charge in [-0.3, -0.25) is 15.2 Å². The maximum atomic E-state index is 14.6. The van der Waals surface area contributed by atoms with Gasteiger partial charge in [0.25, 0.3) is 5.97 Å². The summed E-state index contributed by atoms with van der Waals surface area (Å²) in [6.45, 7) is 1.40. The molecule has 41 heavy (non-hydrogen) atoms. The van der Waals surface area contributed by atoms with Crippen LogP contribution < -0.4 is 26.2 Å². The zero-order chi connectivity index (χ0) is 29.7. The van der Waals surface area contributed by atoms with Crippen molar-refractivity contribution in [3.8, 4) is 17.3 Å². The fourth-order valence-corrected chi connectivity index (χ4v) is 3.97. The quantitative estimate of drug-likeness (QED) is 0.163. The molecule has 0 fully saturated rings. The Morgan fingerprint density at radius 3 is 2.68 bits per heavy atom. The summed E-state index contributed by atoms with van der Waals surface area (Å²) >= 11 is 0. The summed E-state index contributed by atoms with van der Waals surface area (Å²) in [6.07, 6.45) is 1.34. The number of aromatic nitrogens is 4. The highest BCUT2D eigenvalue weighted by atomic mass is 19.1. The molecule has 0 bridgehead atoms. The van der Waals surface area contributed by atoms with Gasteiger partial charge in [-0.25, -0.2) is 18.6 Å². The van der Waals surface area contributed by atoms with Crippen LogP contribution in [0.1, 0.15) is 35.5 Å². The van der Waals surface area contributed by atoms with Crippen molar-refractivity contribution in [2.45, 2.75) is 19.6 Å². The standard InChI is InChI=1S/C24H21F2N7O4.C2H4O2/c1-35-18-8-12(7-13-10-36-11-37-20(13)18)19(30-14-4-5-15(21(27)28)17(26)9-14)22-31-24(34)33(32-22)23-16(25)3-2-6-29-23;1-2(3)4/h2-9,19,30H,10-11H2,1H3,(H3,27,28)(H,31,32,34);1H3,(H,3,4)/t19-;/m0./s1. The van der Waals surface area contributed by atoms with E-state index in [9.17, 15) is 13.6 Å². The van der Waals surface area contributed by atoms with E-state index >= 15 is 0 Å². The Hall–Kier alpha value is -5.31. The zero-order valence-corrected chi connectivity index (χ0v) is 21.8. The molecule has 4 aromatic rings. The monoisotopic (exact) mass is 569 g/mol. The van der Waals surface area contributed by atoms with Crippen LogP contribution in [0.3, 0.4) is 0 Å². The number of aliphatic carboxylic acids is 1. The molecule has 3 heterocycles. The van der Waals surface area contributed by atoms with E-state index in [4.69, 9.17) is 35.3 Å². The number of aromatic amines is 1. The van der Waals surface area contributed by atoms with Gasteiger partial charge in [-0.2, -0.15) is 4.68 Å². The molecule has 0 amide bonds. The Bertz CT molecular complexity index is 1630. The van der Waals surface area contributed by atoms with Crippen LogP contribution in [0.15, 0.2) is 53.5 Å². The number of anilines is 1. The van der Waals surface area contributed by atoms with Crippen molar-refractivity contribution in [2.24, 2.45) is 5.73 Å². The highest BCUT2D eigenvalue weighted by molar-refractivity contribution is 5.95. The summed E-state index contributed by atoms with van der Waals surface area (Å²) in [5, 5.41) is 22.3. The number of carboxylic acids is 1. The lowest BCUT2D eigenvalue weighted by Crippen LogP contribution is -2.18. The summed E-state index contributed by atoms with van der Waals surface area (Å²) in [7, 11) is 1.48. The number of ether oxygens (including phenoxy) is 3. The molecule has 1 aliphatic heterocycles. The number of nitrogen functional groups attached to an aromatic ring is 1. The Morgan fingerprint density at radius 1 is 1.27 bits per heavy atom. The molecule has 0 unspecified atom stereocenters. The molecular weight excluding hydrogens is 544 g/mol. The first-order valence-electron chi connectivity index (χ1n) is 11.9. The first-order valence-corrected chi connectivity index (χ1v) is 11.9. The first kappa shape index (κ1) is 28.7. The number of H-pyrrole nitrogens is 1. The highest BCUT2D eigenvalue weighted by Crippen LogP contribution is 2.38. The molecule has 2 aromatic heterocycles. The van der Waals surface area contributed by atoms with Crippen LogP contribution in [-0.2, 0) is 16.1 Å². The normalized spacial score (nSPS) is 12.7. The van der Waals surface area contributed by atoms with Crippen molar-refractivity contribution in [3.63, 3.8) is 0 Å². The number of amidine groups is 1. The Labute approximate surface area is 231 Å². The number of pyridine rings is 1. The van der Waals surface area contributed by atoms with Crippen LogP contribution in [0.2, 0.25) is 0 Å². The molecule has 0 aliphatic carbocycles.